The van der Waals surface area contributed by atoms with Gasteiger partial charge in [-0.2, -0.15) is 0 Å². The number of rotatable bonds is 7. The van der Waals surface area contributed by atoms with Crippen LogP contribution in [0.3, 0.4) is 0 Å². The molecule has 0 aliphatic carbocycles. The van der Waals surface area contributed by atoms with Crippen LogP contribution in [0.4, 0.5) is 0 Å². The molecule has 108 valence electrons. The minimum absolute atomic E-state index is 0.0507. The SMILES string of the molecule is CCCC(CC(C)C1=NCCC(C(=O)O)C1)C(=O)O. The smallest absolute Gasteiger partial charge is 0.306 e. The summed E-state index contributed by atoms with van der Waals surface area (Å²) in [4.78, 5) is 26.5. The van der Waals surface area contributed by atoms with Crippen molar-refractivity contribution in [3.63, 3.8) is 0 Å². The first-order valence-corrected chi connectivity index (χ1v) is 6.94. The zero-order valence-corrected chi connectivity index (χ0v) is 11.6. The fourth-order valence-corrected chi connectivity index (χ4v) is 2.60. The van der Waals surface area contributed by atoms with Crippen LogP contribution in [0.5, 0.6) is 0 Å². The number of aliphatic carboxylic acids is 2. The fraction of sp³-hybridized carbons (Fsp3) is 0.786. The van der Waals surface area contributed by atoms with Crippen LogP contribution in [0.15, 0.2) is 4.99 Å². The first-order chi connectivity index (χ1) is 8.95. The number of hydrogen-bond acceptors (Lipinski definition) is 3. The highest BCUT2D eigenvalue weighted by Crippen LogP contribution is 2.25. The van der Waals surface area contributed by atoms with Crippen molar-refractivity contribution in [1.29, 1.82) is 0 Å². The van der Waals surface area contributed by atoms with E-state index in [1.807, 2.05) is 13.8 Å². The van der Waals surface area contributed by atoms with E-state index in [9.17, 15) is 9.59 Å². The minimum Gasteiger partial charge on any atom is -0.481 e. The molecule has 2 N–H and O–H groups in total. The van der Waals surface area contributed by atoms with Crippen molar-refractivity contribution in [2.75, 3.05) is 6.54 Å². The number of hydrogen-bond donors (Lipinski definition) is 2. The van der Waals surface area contributed by atoms with E-state index in [-0.39, 0.29) is 17.8 Å². The highest BCUT2D eigenvalue weighted by atomic mass is 16.4. The van der Waals surface area contributed by atoms with Crippen LogP contribution in [-0.4, -0.2) is 34.4 Å². The van der Waals surface area contributed by atoms with Crippen LogP contribution < -0.4 is 0 Å². The molecular formula is C14H23NO4. The Morgan fingerprint density at radius 2 is 2.11 bits per heavy atom. The molecule has 0 aromatic carbocycles. The predicted molar refractivity (Wildman–Crippen MR) is 72.5 cm³/mol. The highest BCUT2D eigenvalue weighted by Gasteiger charge is 2.28. The molecule has 5 nitrogen and oxygen atoms in total. The van der Waals surface area contributed by atoms with E-state index >= 15 is 0 Å². The van der Waals surface area contributed by atoms with Crippen LogP contribution in [0.25, 0.3) is 0 Å². The summed E-state index contributed by atoms with van der Waals surface area (Å²) < 4.78 is 0. The summed E-state index contributed by atoms with van der Waals surface area (Å²) in [5.74, 6) is -2.20. The molecule has 0 saturated carbocycles. The summed E-state index contributed by atoms with van der Waals surface area (Å²) in [6.07, 6.45) is 3.11. The van der Waals surface area contributed by atoms with Gasteiger partial charge in [0.05, 0.1) is 11.8 Å². The largest absolute Gasteiger partial charge is 0.481 e. The van der Waals surface area contributed by atoms with Gasteiger partial charge in [-0.05, 0) is 31.6 Å². The predicted octanol–water partition coefficient (Wildman–Crippen LogP) is 2.45. The summed E-state index contributed by atoms with van der Waals surface area (Å²) in [6.45, 7) is 4.47. The van der Waals surface area contributed by atoms with Gasteiger partial charge in [-0.1, -0.05) is 20.3 Å². The van der Waals surface area contributed by atoms with Crippen LogP contribution in [0.2, 0.25) is 0 Å². The Labute approximate surface area is 113 Å². The summed E-state index contributed by atoms with van der Waals surface area (Å²) in [7, 11) is 0. The standard InChI is InChI=1S/C14H23NO4/c1-3-4-10(13(16)17)7-9(2)12-8-11(14(18)19)5-6-15-12/h9-11H,3-8H2,1-2H3,(H,16,17)(H,18,19). The van der Waals surface area contributed by atoms with Crippen LogP contribution in [0.1, 0.15) is 46.0 Å². The van der Waals surface area contributed by atoms with Crippen LogP contribution in [0, 0.1) is 17.8 Å². The molecule has 5 heteroatoms. The van der Waals surface area contributed by atoms with Gasteiger partial charge in [0.15, 0.2) is 0 Å². The van der Waals surface area contributed by atoms with Gasteiger partial charge in [0.25, 0.3) is 0 Å². The van der Waals surface area contributed by atoms with Gasteiger partial charge in [-0.3, -0.25) is 14.6 Å². The van der Waals surface area contributed by atoms with E-state index in [1.54, 1.807) is 0 Å². The number of carboxylic acid groups (broad SMARTS) is 2. The molecule has 0 saturated heterocycles. The molecule has 3 unspecified atom stereocenters. The molecule has 1 aliphatic rings. The molecule has 0 aromatic heterocycles. The topological polar surface area (TPSA) is 87.0 Å². The monoisotopic (exact) mass is 269 g/mol. The van der Waals surface area contributed by atoms with Crippen molar-refractivity contribution in [1.82, 2.24) is 0 Å². The maximum absolute atomic E-state index is 11.1. The Morgan fingerprint density at radius 3 is 2.63 bits per heavy atom. The van der Waals surface area contributed by atoms with Gasteiger partial charge in [-0.15, -0.1) is 0 Å². The Morgan fingerprint density at radius 1 is 1.42 bits per heavy atom. The molecule has 1 rings (SSSR count). The van der Waals surface area contributed by atoms with Crippen molar-refractivity contribution >= 4 is 17.7 Å². The zero-order chi connectivity index (χ0) is 14.4. The number of carboxylic acids is 2. The van der Waals surface area contributed by atoms with Crippen molar-refractivity contribution in [3.05, 3.63) is 0 Å². The van der Waals surface area contributed by atoms with E-state index in [1.165, 1.54) is 0 Å². The second-order valence-corrected chi connectivity index (χ2v) is 5.36. The van der Waals surface area contributed by atoms with Crippen LogP contribution >= 0.6 is 0 Å². The van der Waals surface area contributed by atoms with Crippen molar-refractivity contribution in [2.24, 2.45) is 22.7 Å². The van der Waals surface area contributed by atoms with Gasteiger partial charge in [0.2, 0.25) is 0 Å². The first kappa shape index (κ1) is 15.7. The van der Waals surface area contributed by atoms with Crippen molar-refractivity contribution in [3.8, 4) is 0 Å². The zero-order valence-electron chi connectivity index (χ0n) is 11.6. The minimum atomic E-state index is -0.775. The summed E-state index contributed by atoms with van der Waals surface area (Å²) in [6, 6.07) is 0. The third kappa shape index (κ3) is 4.65. The van der Waals surface area contributed by atoms with E-state index in [4.69, 9.17) is 10.2 Å². The molecule has 0 bridgehead atoms. The van der Waals surface area contributed by atoms with Crippen molar-refractivity contribution in [2.45, 2.75) is 46.0 Å². The second-order valence-electron chi connectivity index (χ2n) is 5.36. The quantitative estimate of drug-likeness (QED) is 0.743. The Bertz CT molecular complexity index is 364. The van der Waals surface area contributed by atoms with E-state index in [0.29, 0.717) is 32.2 Å². The highest BCUT2D eigenvalue weighted by molar-refractivity contribution is 5.91. The van der Waals surface area contributed by atoms with Gasteiger partial charge in [0, 0.05) is 12.3 Å². The molecule has 1 heterocycles. The summed E-state index contributed by atoms with van der Waals surface area (Å²) in [5, 5.41) is 18.2. The first-order valence-electron chi connectivity index (χ1n) is 6.94. The lowest BCUT2D eigenvalue weighted by Crippen LogP contribution is -2.28. The van der Waals surface area contributed by atoms with Crippen molar-refractivity contribution < 1.29 is 19.8 Å². The third-order valence-electron chi connectivity index (χ3n) is 3.79. The van der Waals surface area contributed by atoms with E-state index in [2.05, 4.69) is 4.99 Å². The molecule has 0 amide bonds. The molecule has 0 aromatic rings. The number of nitrogens with zero attached hydrogens (tertiary/aromatic N) is 1. The van der Waals surface area contributed by atoms with E-state index < -0.39 is 11.9 Å². The maximum Gasteiger partial charge on any atom is 0.306 e. The lowest BCUT2D eigenvalue weighted by molar-refractivity contribution is -0.143. The Hall–Kier alpha value is -1.39. The second kappa shape index (κ2) is 7.26. The maximum atomic E-state index is 11.1. The Balaban J connectivity index is 2.61. The normalized spacial score (nSPS) is 22.4. The fourth-order valence-electron chi connectivity index (χ4n) is 2.60. The molecule has 0 fully saturated rings. The summed E-state index contributed by atoms with van der Waals surface area (Å²) >= 11 is 0. The molecule has 3 atom stereocenters. The molecule has 19 heavy (non-hydrogen) atoms. The summed E-state index contributed by atoms with van der Waals surface area (Å²) in [5.41, 5.74) is 0.876. The molecule has 0 spiro atoms. The average molecular weight is 269 g/mol. The third-order valence-corrected chi connectivity index (χ3v) is 3.79. The van der Waals surface area contributed by atoms with Crippen LogP contribution in [-0.2, 0) is 9.59 Å². The Kier molecular flexibility index (Phi) is 5.99. The number of carbonyl (C=O) groups is 2. The van der Waals surface area contributed by atoms with E-state index in [0.717, 1.165) is 12.1 Å². The average Bonchev–Trinajstić information content (AvgIpc) is 2.38. The molecule has 0 radical (unpaired) electrons. The van der Waals surface area contributed by atoms with Gasteiger partial charge in [-0.25, -0.2) is 0 Å². The van der Waals surface area contributed by atoms with Gasteiger partial charge in [0.1, 0.15) is 0 Å². The lowest BCUT2D eigenvalue weighted by atomic mass is 9.84. The number of aliphatic imine (C=N–C) groups is 1. The van der Waals surface area contributed by atoms with Gasteiger partial charge < -0.3 is 10.2 Å². The molecular weight excluding hydrogens is 246 g/mol. The lowest BCUT2D eigenvalue weighted by Gasteiger charge is -2.24. The molecule has 1 aliphatic heterocycles. The van der Waals surface area contributed by atoms with Gasteiger partial charge >= 0.3 is 11.9 Å².